The summed E-state index contributed by atoms with van der Waals surface area (Å²) in [6.45, 7) is 11.6. The van der Waals surface area contributed by atoms with E-state index in [4.69, 9.17) is 9.47 Å². The van der Waals surface area contributed by atoms with Crippen LogP contribution in [-0.4, -0.2) is 94.6 Å². The molecule has 1 aromatic rings. The average molecular weight is 595 g/mol. The minimum absolute atomic E-state index is 0.0984. The predicted octanol–water partition coefficient (Wildman–Crippen LogP) is 3.88. The molecule has 43 heavy (non-hydrogen) atoms. The summed E-state index contributed by atoms with van der Waals surface area (Å²) in [7, 11) is 0. The lowest BCUT2D eigenvalue weighted by Crippen LogP contribution is -2.52. The molecule has 1 atom stereocenters. The zero-order valence-electron chi connectivity index (χ0n) is 26.0. The molecule has 1 aliphatic carbocycles. The van der Waals surface area contributed by atoms with Gasteiger partial charge < -0.3 is 24.2 Å². The Morgan fingerprint density at radius 2 is 1.63 bits per heavy atom. The van der Waals surface area contributed by atoms with Crippen molar-refractivity contribution in [3.63, 3.8) is 0 Å². The summed E-state index contributed by atoms with van der Waals surface area (Å²) in [5, 5.41) is 2.39. The number of fused-ring (bicyclic) bond motifs is 1. The number of benzene rings is 1. The SMILES string of the molecule is Cc1cc(C2CCN([C@H]3C[C@H](OC4CCN(C(=O)OC(C)(C)C)CC4)C3)CC2)cc2c1C(=O)N(C1CCC(=O)NC1=O)C2. The number of aryl methyl sites for hydroxylation is 1. The van der Waals surface area contributed by atoms with Crippen molar-refractivity contribution in [1.82, 2.24) is 20.0 Å². The van der Waals surface area contributed by atoms with E-state index in [1.807, 2.05) is 27.7 Å². The van der Waals surface area contributed by atoms with E-state index >= 15 is 0 Å². The van der Waals surface area contributed by atoms with Gasteiger partial charge in [0.25, 0.3) is 5.91 Å². The van der Waals surface area contributed by atoms with Crippen LogP contribution < -0.4 is 5.32 Å². The third kappa shape index (κ3) is 6.45. The van der Waals surface area contributed by atoms with E-state index in [0.29, 0.717) is 44.1 Å². The van der Waals surface area contributed by atoms with Crippen LogP contribution in [0.5, 0.6) is 0 Å². The van der Waals surface area contributed by atoms with Crippen LogP contribution in [0.15, 0.2) is 12.1 Å². The van der Waals surface area contributed by atoms with Crippen LogP contribution in [0.4, 0.5) is 4.79 Å². The number of carbonyl (C=O) groups is 4. The third-order valence-corrected chi connectivity index (χ3v) is 9.91. The molecular formula is C33H46N4O6. The molecule has 6 rings (SSSR count). The first-order valence-electron chi connectivity index (χ1n) is 16.1. The Hall–Kier alpha value is -2.98. The van der Waals surface area contributed by atoms with E-state index in [9.17, 15) is 19.2 Å². The number of hydrogen-bond acceptors (Lipinski definition) is 7. The maximum atomic E-state index is 13.3. The van der Waals surface area contributed by atoms with Crippen molar-refractivity contribution >= 4 is 23.8 Å². The van der Waals surface area contributed by atoms with Crippen molar-refractivity contribution in [3.8, 4) is 0 Å². The lowest BCUT2D eigenvalue weighted by atomic mass is 9.82. The van der Waals surface area contributed by atoms with Crippen molar-refractivity contribution in [1.29, 1.82) is 0 Å². The van der Waals surface area contributed by atoms with Crippen molar-refractivity contribution in [2.75, 3.05) is 26.2 Å². The zero-order valence-corrected chi connectivity index (χ0v) is 26.0. The molecule has 5 aliphatic rings. The topological polar surface area (TPSA) is 108 Å². The first-order valence-corrected chi connectivity index (χ1v) is 16.1. The number of ether oxygens (including phenoxy) is 2. The molecule has 4 aliphatic heterocycles. The van der Waals surface area contributed by atoms with Gasteiger partial charge >= 0.3 is 6.09 Å². The number of hydrogen-bond donors (Lipinski definition) is 1. The van der Waals surface area contributed by atoms with Gasteiger partial charge in [-0.15, -0.1) is 0 Å². The fourth-order valence-electron chi connectivity index (χ4n) is 7.51. The Labute approximate surface area is 254 Å². The number of imide groups is 1. The second kappa shape index (κ2) is 11.8. The van der Waals surface area contributed by atoms with Gasteiger partial charge in [0.2, 0.25) is 11.8 Å². The summed E-state index contributed by atoms with van der Waals surface area (Å²) in [5.41, 5.74) is 3.53. The first kappa shape index (κ1) is 30.1. The van der Waals surface area contributed by atoms with Crippen molar-refractivity contribution in [2.24, 2.45) is 0 Å². The molecule has 4 amide bonds. The lowest BCUT2D eigenvalue weighted by Gasteiger charge is -2.47. The molecule has 0 bridgehead atoms. The maximum Gasteiger partial charge on any atom is 0.410 e. The molecule has 10 heteroatoms. The highest BCUT2D eigenvalue weighted by atomic mass is 16.6. The molecule has 1 saturated carbocycles. The summed E-state index contributed by atoms with van der Waals surface area (Å²) in [6.07, 6.45) is 7.02. The third-order valence-electron chi connectivity index (χ3n) is 9.91. The highest BCUT2D eigenvalue weighted by molar-refractivity contribution is 6.06. The van der Waals surface area contributed by atoms with E-state index in [2.05, 4.69) is 22.3 Å². The summed E-state index contributed by atoms with van der Waals surface area (Å²) >= 11 is 0. The Bertz CT molecular complexity index is 1270. The minimum Gasteiger partial charge on any atom is -0.444 e. The van der Waals surface area contributed by atoms with E-state index in [1.165, 1.54) is 5.56 Å². The van der Waals surface area contributed by atoms with Gasteiger partial charge in [0.1, 0.15) is 11.6 Å². The van der Waals surface area contributed by atoms with E-state index in [-0.39, 0.29) is 36.3 Å². The highest BCUT2D eigenvalue weighted by Gasteiger charge is 2.41. The zero-order chi connectivity index (χ0) is 30.5. The van der Waals surface area contributed by atoms with E-state index in [1.54, 1.807) is 9.80 Å². The molecule has 1 N–H and O–H groups in total. The fraction of sp³-hybridized carbons (Fsp3) is 0.697. The van der Waals surface area contributed by atoms with Gasteiger partial charge in [-0.25, -0.2) is 4.79 Å². The number of amides is 4. The van der Waals surface area contributed by atoms with Crippen LogP contribution in [0.3, 0.4) is 0 Å². The molecular weight excluding hydrogens is 548 g/mol. The van der Waals surface area contributed by atoms with Crippen molar-refractivity contribution in [3.05, 3.63) is 34.4 Å². The van der Waals surface area contributed by atoms with E-state index < -0.39 is 11.6 Å². The van der Waals surface area contributed by atoms with Gasteiger partial charge in [0, 0.05) is 37.7 Å². The molecule has 4 fully saturated rings. The normalized spacial score (nSPS) is 27.6. The number of nitrogens with one attached hydrogen (secondary N) is 1. The average Bonchev–Trinajstić information content (AvgIpc) is 3.26. The van der Waals surface area contributed by atoms with Crippen LogP contribution in [0, 0.1) is 6.92 Å². The van der Waals surface area contributed by atoms with Crippen LogP contribution in [0.25, 0.3) is 0 Å². The number of nitrogens with zero attached hydrogens (tertiary/aromatic N) is 3. The van der Waals surface area contributed by atoms with Crippen LogP contribution in [-0.2, 0) is 25.6 Å². The van der Waals surface area contributed by atoms with E-state index in [0.717, 1.165) is 68.3 Å². The summed E-state index contributed by atoms with van der Waals surface area (Å²) in [6, 6.07) is 4.36. The number of likely N-dealkylation sites (tertiary alicyclic amines) is 2. The number of carbonyl (C=O) groups excluding carboxylic acids is 4. The van der Waals surface area contributed by atoms with Crippen LogP contribution >= 0.6 is 0 Å². The molecule has 0 spiro atoms. The molecule has 10 nitrogen and oxygen atoms in total. The lowest BCUT2D eigenvalue weighted by molar-refractivity contribution is -0.136. The largest absolute Gasteiger partial charge is 0.444 e. The molecule has 4 heterocycles. The predicted molar refractivity (Wildman–Crippen MR) is 159 cm³/mol. The second-order valence-electron chi connectivity index (χ2n) is 14.1. The summed E-state index contributed by atoms with van der Waals surface area (Å²) < 4.78 is 11.9. The standard InChI is InChI=1S/C33H46N4O6/c1-20-15-22(16-23-19-37(31(40)29(20)23)27-5-6-28(38)34-30(27)39)21-7-11-35(12-8-21)24-17-26(18-24)42-25-9-13-36(14-10-25)32(41)43-33(2,3)4/h15-16,21,24-27H,5-14,17-19H2,1-4H3,(H,34,38,39)/t24-,26-,27?. The van der Waals surface area contributed by atoms with Crippen molar-refractivity contribution < 1.29 is 28.7 Å². The Kier molecular flexibility index (Phi) is 8.28. The second-order valence-corrected chi connectivity index (χ2v) is 14.1. The van der Waals surface area contributed by atoms with Gasteiger partial charge in [-0.3, -0.25) is 19.7 Å². The molecule has 0 aromatic heterocycles. The molecule has 3 saturated heterocycles. The summed E-state index contributed by atoms with van der Waals surface area (Å²) in [5.74, 6) is -0.270. The Morgan fingerprint density at radius 1 is 0.930 bits per heavy atom. The van der Waals surface area contributed by atoms with Gasteiger partial charge in [-0.1, -0.05) is 12.1 Å². The maximum absolute atomic E-state index is 13.3. The van der Waals surface area contributed by atoms with Crippen molar-refractivity contribution in [2.45, 2.75) is 121 Å². The Balaban J connectivity index is 0.953. The van der Waals surface area contributed by atoms with Gasteiger partial charge in [0.15, 0.2) is 0 Å². The highest BCUT2D eigenvalue weighted by Crippen LogP contribution is 2.38. The molecule has 1 aromatic carbocycles. The first-order chi connectivity index (χ1) is 20.4. The molecule has 234 valence electrons. The number of rotatable bonds is 5. The Morgan fingerprint density at radius 3 is 2.28 bits per heavy atom. The smallest absolute Gasteiger partial charge is 0.410 e. The quantitative estimate of drug-likeness (QED) is 0.516. The minimum atomic E-state index is -0.580. The van der Waals surface area contributed by atoms with Crippen LogP contribution in [0.1, 0.15) is 105 Å². The molecule has 0 radical (unpaired) electrons. The fourth-order valence-corrected chi connectivity index (χ4v) is 7.51. The van der Waals surface area contributed by atoms with Gasteiger partial charge in [-0.2, -0.15) is 0 Å². The van der Waals surface area contributed by atoms with Gasteiger partial charge in [-0.05, 0) is 108 Å². The number of piperidine rings is 3. The molecule has 1 unspecified atom stereocenters. The van der Waals surface area contributed by atoms with Crippen LogP contribution in [0.2, 0.25) is 0 Å². The summed E-state index contributed by atoms with van der Waals surface area (Å²) in [4.78, 5) is 55.7. The van der Waals surface area contributed by atoms with Gasteiger partial charge in [0.05, 0.1) is 12.2 Å². The monoisotopic (exact) mass is 594 g/mol.